The molecule has 0 saturated heterocycles. The van der Waals surface area contributed by atoms with Crippen LogP contribution in [0.5, 0.6) is 0 Å². The number of rotatable bonds is 0. The van der Waals surface area contributed by atoms with Crippen molar-refractivity contribution in [1.29, 1.82) is 0 Å². The third kappa shape index (κ3) is 2.39. The summed E-state index contributed by atoms with van der Waals surface area (Å²) < 4.78 is 3.30. The summed E-state index contributed by atoms with van der Waals surface area (Å²) in [5.41, 5.74) is 9.79. The molecule has 0 unspecified atom stereocenters. The summed E-state index contributed by atoms with van der Waals surface area (Å²) in [4.78, 5) is 0. The molecule has 35 heavy (non-hydrogen) atoms. The number of halogens is 3. The standard InChI is InChI=1S/C31H15BrCl2S/c32-24-13-16(33)14-25-28(24)29-26(35-25)15-23-27(30(29)34)19-9-3-6-12-22(19)31(23)20-10-4-1-7-17(20)18-8-2-5-11-21(18)31/h1-15H. The van der Waals surface area contributed by atoms with Crippen LogP contribution in [0.15, 0.2) is 95.5 Å². The molecule has 0 aliphatic heterocycles. The van der Waals surface area contributed by atoms with Gasteiger partial charge >= 0.3 is 0 Å². The Balaban J connectivity index is 1.62. The maximum atomic E-state index is 7.42. The van der Waals surface area contributed by atoms with Crippen LogP contribution in [0.4, 0.5) is 0 Å². The van der Waals surface area contributed by atoms with E-state index in [-0.39, 0.29) is 5.41 Å². The van der Waals surface area contributed by atoms with Crippen molar-refractivity contribution in [2.45, 2.75) is 5.41 Å². The lowest BCUT2D eigenvalue weighted by atomic mass is 9.70. The summed E-state index contributed by atoms with van der Waals surface area (Å²) in [6.07, 6.45) is 0. The van der Waals surface area contributed by atoms with E-state index in [4.69, 9.17) is 23.2 Å². The summed E-state index contributed by atoms with van der Waals surface area (Å²) in [7, 11) is 0. The quantitative estimate of drug-likeness (QED) is 0.170. The minimum Gasteiger partial charge on any atom is -0.135 e. The van der Waals surface area contributed by atoms with Gasteiger partial charge in [-0.15, -0.1) is 11.3 Å². The lowest BCUT2D eigenvalue weighted by molar-refractivity contribution is 0.795. The van der Waals surface area contributed by atoms with Gasteiger partial charge in [0.15, 0.2) is 0 Å². The van der Waals surface area contributed by atoms with E-state index in [2.05, 4.69) is 94.8 Å². The Morgan fingerprint density at radius 3 is 1.80 bits per heavy atom. The highest BCUT2D eigenvalue weighted by Gasteiger charge is 2.52. The first-order valence-electron chi connectivity index (χ1n) is 11.4. The Morgan fingerprint density at radius 2 is 1.14 bits per heavy atom. The topological polar surface area (TPSA) is 0 Å². The number of hydrogen-bond donors (Lipinski definition) is 0. The van der Waals surface area contributed by atoms with Crippen molar-refractivity contribution in [3.63, 3.8) is 0 Å². The van der Waals surface area contributed by atoms with E-state index in [1.807, 2.05) is 12.1 Å². The minimum absolute atomic E-state index is 0.387. The maximum Gasteiger partial charge on any atom is 0.0726 e. The molecule has 5 aromatic carbocycles. The van der Waals surface area contributed by atoms with Crippen molar-refractivity contribution in [3.8, 4) is 22.3 Å². The third-order valence-corrected chi connectivity index (χ3v) is 9.98. The van der Waals surface area contributed by atoms with Crippen LogP contribution in [0.2, 0.25) is 10.0 Å². The van der Waals surface area contributed by atoms with Gasteiger partial charge in [-0.1, -0.05) is 112 Å². The normalized spacial score (nSPS) is 14.4. The minimum atomic E-state index is -0.387. The van der Waals surface area contributed by atoms with Crippen molar-refractivity contribution in [2.24, 2.45) is 0 Å². The summed E-state index contributed by atoms with van der Waals surface area (Å²) in [6, 6.07) is 32.9. The largest absolute Gasteiger partial charge is 0.135 e. The molecule has 166 valence electrons. The molecule has 2 aliphatic rings. The summed E-state index contributed by atoms with van der Waals surface area (Å²) >= 11 is 19.3. The van der Waals surface area contributed by atoms with E-state index >= 15 is 0 Å². The fourth-order valence-electron chi connectivity index (χ4n) is 6.48. The van der Waals surface area contributed by atoms with Gasteiger partial charge in [0.1, 0.15) is 0 Å². The van der Waals surface area contributed by atoms with E-state index in [0.717, 1.165) is 35.6 Å². The molecule has 6 aromatic rings. The zero-order valence-corrected chi connectivity index (χ0v) is 22.1. The SMILES string of the molecule is Clc1cc(Br)c2c(c1)sc1cc3c(c(Cl)c12)-c1ccccc1C31c2ccccc2-c2ccccc21. The van der Waals surface area contributed by atoms with Crippen LogP contribution in [-0.4, -0.2) is 0 Å². The van der Waals surface area contributed by atoms with Gasteiger partial charge in [0.25, 0.3) is 0 Å². The van der Waals surface area contributed by atoms with Crippen molar-refractivity contribution in [2.75, 3.05) is 0 Å². The molecule has 0 atom stereocenters. The zero-order chi connectivity index (χ0) is 23.5. The highest BCUT2D eigenvalue weighted by atomic mass is 79.9. The maximum absolute atomic E-state index is 7.42. The van der Waals surface area contributed by atoms with E-state index in [9.17, 15) is 0 Å². The molecule has 1 heterocycles. The fraction of sp³-hybridized carbons (Fsp3) is 0.0323. The average Bonchev–Trinajstić information content (AvgIpc) is 3.48. The third-order valence-electron chi connectivity index (χ3n) is 7.68. The highest BCUT2D eigenvalue weighted by Crippen LogP contribution is 2.65. The number of hydrogen-bond acceptors (Lipinski definition) is 1. The van der Waals surface area contributed by atoms with Crippen LogP contribution in [0, 0.1) is 0 Å². The van der Waals surface area contributed by atoms with E-state index < -0.39 is 0 Å². The second-order valence-electron chi connectivity index (χ2n) is 9.24. The number of thiophene rings is 1. The second-order valence-corrected chi connectivity index (χ2v) is 12.0. The molecule has 0 N–H and O–H groups in total. The first kappa shape index (κ1) is 20.6. The summed E-state index contributed by atoms with van der Waals surface area (Å²) in [6.45, 7) is 0. The predicted octanol–water partition coefficient (Wildman–Crippen LogP) is 10.5. The van der Waals surface area contributed by atoms with Crippen LogP contribution >= 0.6 is 50.5 Å². The van der Waals surface area contributed by atoms with Gasteiger partial charge < -0.3 is 0 Å². The smallest absolute Gasteiger partial charge is 0.0726 e. The molecule has 0 bridgehead atoms. The zero-order valence-electron chi connectivity index (χ0n) is 18.2. The molecule has 0 fully saturated rings. The Labute approximate surface area is 224 Å². The average molecular weight is 570 g/mol. The molecular weight excluding hydrogens is 555 g/mol. The molecule has 8 rings (SSSR count). The van der Waals surface area contributed by atoms with Gasteiger partial charge in [0, 0.05) is 35.2 Å². The first-order chi connectivity index (χ1) is 17.1. The van der Waals surface area contributed by atoms with Gasteiger partial charge in [-0.25, -0.2) is 0 Å². The Hall–Kier alpha value is -2.62. The molecule has 0 amide bonds. The molecule has 0 nitrogen and oxygen atoms in total. The Kier molecular flexibility index (Phi) is 4.10. The number of benzene rings is 5. The lowest BCUT2D eigenvalue weighted by Gasteiger charge is -2.30. The van der Waals surface area contributed by atoms with Crippen LogP contribution in [-0.2, 0) is 5.41 Å². The van der Waals surface area contributed by atoms with Crippen LogP contribution in [0.3, 0.4) is 0 Å². The van der Waals surface area contributed by atoms with Crippen LogP contribution in [0.1, 0.15) is 22.3 Å². The molecule has 4 heteroatoms. The van der Waals surface area contributed by atoms with Gasteiger partial charge in [-0.3, -0.25) is 0 Å². The Bertz CT molecular complexity index is 1850. The highest BCUT2D eigenvalue weighted by molar-refractivity contribution is 9.10. The fourth-order valence-corrected chi connectivity index (χ4v) is 9.36. The van der Waals surface area contributed by atoms with Crippen LogP contribution < -0.4 is 0 Å². The van der Waals surface area contributed by atoms with Crippen LogP contribution in [0.25, 0.3) is 42.4 Å². The lowest BCUT2D eigenvalue weighted by Crippen LogP contribution is -2.25. The predicted molar refractivity (Wildman–Crippen MR) is 153 cm³/mol. The van der Waals surface area contributed by atoms with Crippen molar-refractivity contribution >= 4 is 70.6 Å². The molecular formula is C31H15BrCl2S. The van der Waals surface area contributed by atoms with Crippen molar-refractivity contribution in [1.82, 2.24) is 0 Å². The van der Waals surface area contributed by atoms with E-state index in [1.165, 1.54) is 43.6 Å². The van der Waals surface area contributed by atoms with E-state index in [0.29, 0.717) is 0 Å². The molecule has 0 radical (unpaired) electrons. The molecule has 0 saturated carbocycles. The van der Waals surface area contributed by atoms with E-state index in [1.54, 1.807) is 11.3 Å². The molecule has 2 aliphatic carbocycles. The number of fused-ring (bicyclic) bond motifs is 13. The van der Waals surface area contributed by atoms with Gasteiger partial charge in [-0.2, -0.15) is 0 Å². The molecule has 1 aromatic heterocycles. The Morgan fingerprint density at radius 1 is 0.600 bits per heavy atom. The second kappa shape index (κ2) is 6.99. The van der Waals surface area contributed by atoms with Crippen molar-refractivity contribution in [3.05, 3.63) is 128 Å². The summed E-state index contributed by atoms with van der Waals surface area (Å²) in [5, 5.41) is 3.77. The van der Waals surface area contributed by atoms with Gasteiger partial charge in [0.2, 0.25) is 0 Å². The molecule has 1 spiro atoms. The summed E-state index contributed by atoms with van der Waals surface area (Å²) in [5.74, 6) is 0. The monoisotopic (exact) mass is 568 g/mol. The first-order valence-corrected chi connectivity index (χ1v) is 13.8. The van der Waals surface area contributed by atoms with Gasteiger partial charge in [-0.05, 0) is 57.1 Å². The van der Waals surface area contributed by atoms with Crippen molar-refractivity contribution < 1.29 is 0 Å². The van der Waals surface area contributed by atoms with Gasteiger partial charge in [0.05, 0.1) is 10.4 Å².